The lowest BCUT2D eigenvalue weighted by Crippen LogP contribution is -2.39. The van der Waals surface area contributed by atoms with Crippen molar-refractivity contribution in [2.45, 2.75) is 38.5 Å². The van der Waals surface area contributed by atoms with E-state index in [1.165, 1.54) is 0 Å². The van der Waals surface area contributed by atoms with Gasteiger partial charge in [-0.3, -0.25) is 0 Å². The van der Waals surface area contributed by atoms with E-state index in [0.29, 0.717) is 23.7 Å². The zero-order valence-corrected chi connectivity index (χ0v) is 10.3. The van der Waals surface area contributed by atoms with Gasteiger partial charge in [0.1, 0.15) is 0 Å². The van der Waals surface area contributed by atoms with Gasteiger partial charge in [-0.1, -0.05) is 0 Å². The Hall–Kier alpha value is -1.06. The van der Waals surface area contributed by atoms with Gasteiger partial charge in [-0.2, -0.15) is 0 Å². The third-order valence-electron chi connectivity index (χ3n) is 5.81. The standard InChI is InChI=1S/C14H18O4/c15-13(11-7-1-2-8(11)5-7)17-18-14(16)12-9-3-4-10(12)6-9/h7-12H,1-6H2. The summed E-state index contributed by atoms with van der Waals surface area (Å²) in [6, 6.07) is 0. The van der Waals surface area contributed by atoms with E-state index < -0.39 is 0 Å². The Bertz CT molecular complexity index is 339. The zero-order valence-electron chi connectivity index (χ0n) is 10.3. The number of hydrogen-bond acceptors (Lipinski definition) is 4. The molecule has 4 unspecified atom stereocenters. The second-order valence-corrected chi connectivity index (χ2v) is 6.52. The summed E-state index contributed by atoms with van der Waals surface area (Å²) in [5.41, 5.74) is 0. The van der Waals surface area contributed by atoms with Crippen LogP contribution in [0.5, 0.6) is 0 Å². The van der Waals surface area contributed by atoms with Crippen molar-refractivity contribution >= 4 is 11.9 Å². The molecule has 18 heavy (non-hydrogen) atoms. The van der Waals surface area contributed by atoms with Crippen LogP contribution in [0.4, 0.5) is 0 Å². The highest BCUT2D eigenvalue weighted by Crippen LogP contribution is 2.55. The fourth-order valence-corrected chi connectivity index (χ4v) is 4.75. The molecule has 4 bridgehead atoms. The predicted molar refractivity (Wildman–Crippen MR) is 60.8 cm³/mol. The van der Waals surface area contributed by atoms with Gasteiger partial charge >= 0.3 is 11.9 Å². The molecule has 6 aliphatic rings. The van der Waals surface area contributed by atoms with Crippen LogP contribution in [-0.4, -0.2) is 11.9 Å². The third kappa shape index (κ3) is 1.38. The molecule has 98 valence electrons. The number of fused-ring (bicyclic) bond motifs is 2. The molecule has 0 aromatic heterocycles. The highest BCUT2D eigenvalue weighted by Gasteiger charge is 2.54. The molecule has 0 aliphatic heterocycles. The van der Waals surface area contributed by atoms with Gasteiger partial charge in [-0.05, 0) is 62.2 Å². The van der Waals surface area contributed by atoms with Gasteiger partial charge < -0.3 is 0 Å². The molecule has 0 radical (unpaired) electrons. The molecule has 4 atom stereocenters. The summed E-state index contributed by atoms with van der Waals surface area (Å²) in [5.74, 6) is 1.35. The summed E-state index contributed by atoms with van der Waals surface area (Å²) >= 11 is 0. The van der Waals surface area contributed by atoms with Crippen LogP contribution in [0.3, 0.4) is 0 Å². The average molecular weight is 250 g/mol. The van der Waals surface area contributed by atoms with Crippen molar-refractivity contribution in [2.75, 3.05) is 0 Å². The lowest BCUT2D eigenvalue weighted by Gasteiger charge is -2.34. The van der Waals surface area contributed by atoms with Crippen LogP contribution in [0, 0.1) is 35.5 Å². The van der Waals surface area contributed by atoms with Crippen molar-refractivity contribution in [2.24, 2.45) is 35.5 Å². The van der Waals surface area contributed by atoms with E-state index >= 15 is 0 Å². The van der Waals surface area contributed by atoms with Crippen LogP contribution in [0.25, 0.3) is 0 Å². The Labute approximate surface area is 106 Å². The molecule has 0 amide bonds. The first kappa shape index (κ1) is 10.8. The van der Waals surface area contributed by atoms with Crippen molar-refractivity contribution in [3.8, 4) is 0 Å². The van der Waals surface area contributed by atoms with Gasteiger partial charge in [0.05, 0.1) is 11.8 Å². The minimum Gasteiger partial charge on any atom is -0.247 e. The smallest absolute Gasteiger partial charge is 0.247 e. The largest absolute Gasteiger partial charge is 0.359 e. The third-order valence-corrected chi connectivity index (χ3v) is 5.81. The summed E-state index contributed by atoms with van der Waals surface area (Å²) in [4.78, 5) is 33.2. The van der Waals surface area contributed by atoms with Gasteiger partial charge in [0.2, 0.25) is 0 Å². The van der Waals surface area contributed by atoms with Crippen LogP contribution in [0.1, 0.15) is 38.5 Å². The first-order valence-corrected chi connectivity index (χ1v) is 7.16. The molecule has 4 heteroatoms. The van der Waals surface area contributed by atoms with Gasteiger partial charge in [0.15, 0.2) is 0 Å². The Morgan fingerprint density at radius 3 is 1.28 bits per heavy atom. The molecule has 0 aromatic rings. The van der Waals surface area contributed by atoms with Gasteiger partial charge in [0.25, 0.3) is 0 Å². The normalized spacial score (nSPS) is 47.1. The summed E-state index contributed by atoms with van der Waals surface area (Å²) in [7, 11) is 0. The van der Waals surface area contributed by atoms with Crippen molar-refractivity contribution in [3.63, 3.8) is 0 Å². The molecule has 6 saturated carbocycles. The van der Waals surface area contributed by atoms with Crippen molar-refractivity contribution in [1.82, 2.24) is 0 Å². The maximum atomic E-state index is 11.8. The molecule has 6 aliphatic carbocycles. The molecular formula is C14H18O4. The van der Waals surface area contributed by atoms with Crippen molar-refractivity contribution < 1.29 is 19.4 Å². The minimum absolute atomic E-state index is 0.0101. The second kappa shape index (κ2) is 3.72. The van der Waals surface area contributed by atoms with E-state index in [4.69, 9.17) is 9.78 Å². The van der Waals surface area contributed by atoms with E-state index in [1.807, 2.05) is 0 Å². The minimum atomic E-state index is -0.311. The molecule has 0 aromatic carbocycles. The lowest BCUT2D eigenvalue weighted by atomic mass is 9.72. The number of carbonyl (C=O) groups is 2. The maximum Gasteiger partial charge on any atom is 0.359 e. The quantitative estimate of drug-likeness (QED) is 0.556. The van der Waals surface area contributed by atoms with Crippen LogP contribution >= 0.6 is 0 Å². The van der Waals surface area contributed by atoms with E-state index in [-0.39, 0.29) is 23.8 Å². The molecular weight excluding hydrogens is 232 g/mol. The van der Waals surface area contributed by atoms with Crippen LogP contribution in [-0.2, 0) is 19.4 Å². The predicted octanol–water partition coefficient (Wildman–Crippen LogP) is 2.08. The van der Waals surface area contributed by atoms with Crippen molar-refractivity contribution in [1.29, 1.82) is 0 Å². The van der Waals surface area contributed by atoms with E-state index in [0.717, 1.165) is 38.5 Å². The Morgan fingerprint density at radius 2 is 1.00 bits per heavy atom. The maximum absolute atomic E-state index is 11.8. The van der Waals surface area contributed by atoms with Gasteiger partial charge in [-0.25, -0.2) is 19.4 Å². The Balaban J connectivity index is 1.28. The number of hydrogen-bond donors (Lipinski definition) is 0. The molecule has 6 rings (SSSR count). The molecule has 6 fully saturated rings. The number of rotatable bonds is 2. The second-order valence-electron chi connectivity index (χ2n) is 6.52. The molecule has 0 spiro atoms. The van der Waals surface area contributed by atoms with Gasteiger partial charge in [-0.15, -0.1) is 0 Å². The Morgan fingerprint density at radius 1 is 0.667 bits per heavy atom. The summed E-state index contributed by atoms with van der Waals surface area (Å²) in [5, 5.41) is 0. The van der Waals surface area contributed by atoms with Crippen LogP contribution in [0.15, 0.2) is 0 Å². The van der Waals surface area contributed by atoms with Gasteiger partial charge in [0, 0.05) is 0 Å². The molecule has 0 heterocycles. The van der Waals surface area contributed by atoms with E-state index in [9.17, 15) is 9.59 Å². The molecule has 0 saturated heterocycles. The summed E-state index contributed by atoms with van der Waals surface area (Å²) < 4.78 is 0. The summed E-state index contributed by atoms with van der Waals surface area (Å²) in [6.07, 6.45) is 6.83. The fraction of sp³-hybridized carbons (Fsp3) is 0.857. The van der Waals surface area contributed by atoms with E-state index in [2.05, 4.69) is 0 Å². The SMILES string of the molecule is O=C(OOC(=O)C1C2CCC1C2)C1C2CCC1C2. The summed E-state index contributed by atoms with van der Waals surface area (Å²) in [6.45, 7) is 0. The van der Waals surface area contributed by atoms with Crippen LogP contribution in [0.2, 0.25) is 0 Å². The molecule has 4 nitrogen and oxygen atoms in total. The lowest BCUT2D eigenvalue weighted by molar-refractivity contribution is -0.272. The zero-order chi connectivity index (χ0) is 12.3. The Kier molecular flexibility index (Phi) is 2.24. The fourth-order valence-electron chi connectivity index (χ4n) is 4.75. The first-order chi connectivity index (χ1) is 8.74. The monoisotopic (exact) mass is 250 g/mol. The highest BCUT2D eigenvalue weighted by atomic mass is 17.2. The number of carbonyl (C=O) groups excluding carboxylic acids is 2. The molecule has 0 N–H and O–H groups in total. The first-order valence-electron chi connectivity index (χ1n) is 7.16. The highest BCUT2D eigenvalue weighted by molar-refractivity contribution is 5.78. The topological polar surface area (TPSA) is 52.6 Å². The average Bonchev–Trinajstić information content (AvgIpc) is 3.01. The van der Waals surface area contributed by atoms with Crippen LogP contribution < -0.4 is 0 Å². The van der Waals surface area contributed by atoms with E-state index in [1.54, 1.807) is 0 Å². The van der Waals surface area contributed by atoms with Crippen molar-refractivity contribution in [3.05, 3.63) is 0 Å².